The first-order valence-electron chi connectivity index (χ1n) is 7.29. The lowest BCUT2D eigenvalue weighted by atomic mass is 9.97. The van der Waals surface area contributed by atoms with E-state index in [0.29, 0.717) is 6.04 Å². The molecule has 0 saturated heterocycles. The number of hydrazine groups is 1. The van der Waals surface area contributed by atoms with Gasteiger partial charge in [-0.2, -0.15) is 0 Å². The van der Waals surface area contributed by atoms with Crippen molar-refractivity contribution in [3.05, 3.63) is 18.2 Å². The van der Waals surface area contributed by atoms with Crippen LogP contribution in [-0.4, -0.2) is 15.6 Å². The van der Waals surface area contributed by atoms with Gasteiger partial charge in [0.15, 0.2) is 0 Å². The van der Waals surface area contributed by atoms with E-state index in [1.807, 2.05) is 12.4 Å². The van der Waals surface area contributed by atoms with Gasteiger partial charge in [-0.3, -0.25) is 11.3 Å². The van der Waals surface area contributed by atoms with Crippen molar-refractivity contribution in [3.63, 3.8) is 0 Å². The van der Waals surface area contributed by atoms with Gasteiger partial charge < -0.3 is 4.57 Å². The third-order valence-electron chi connectivity index (χ3n) is 4.21. The van der Waals surface area contributed by atoms with E-state index in [2.05, 4.69) is 21.9 Å². The molecule has 4 nitrogen and oxygen atoms in total. The van der Waals surface area contributed by atoms with Crippen LogP contribution in [0.5, 0.6) is 0 Å². The fraction of sp³-hybridized carbons (Fsp3) is 0.786. The van der Waals surface area contributed by atoms with E-state index in [4.69, 9.17) is 5.84 Å². The van der Waals surface area contributed by atoms with E-state index in [0.717, 1.165) is 31.1 Å². The van der Waals surface area contributed by atoms with Gasteiger partial charge in [0.05, 0.1) is 0 Å². The SMILES string of the molecule is CCn1ccnc1CC(CCC1CCCC1)NN. The number of hydrogen-bond donors (Lipinski definition) is 2. The standard InChI is InChI=1S/C14H26N4/c1-2-18-10-9-16-14(18)11-13(17-15)8-7-12-5-3-4-6-12/h9-10,12-13,17H,2-8,11,15H2,1H3. The van der Waals surface area contributed by atoms with Crippen LogP contribution in [0.1, 0.15) is 51.3 Å². The second-order valence-electron chi connectivity index (χ2n) is 5.43. The smallest absolute Gasteiger partial charge is 0.110 e. The quantitative estimate of drug-likeness (QED) is 0.576. The van der Waals surface area contributed by atoms with Crippen LogP contribution in [0, 0.1) is 5.92 Å². The summed E-state index contributed by atoms with van der Waals surface area (Å²) in [6, 6.07) is 0.360. The number of rotatable bonds is 7. The highest BCUT2D eigenvalue weighted by atomic mass is 15.2. The fourth-order valence-electron chi connectivity index (χ4n) is 3.02. The summed E-state index contributed by atoms with van der Waals surface area (Å²) in [6.07, 6.45) is 13.0. The maximum atomic E-state index is 5.68. The molecule has 4 heteroatoms. The molecule has 0 aromatic carbocycles. The van der Waals surface area contributed by atoms with Crippen molar-refractivity contribution in [1.29, 1.82) is 0 Å². The van der Waals surface area contributed by atoms with E-state index >= 15 is 0 Å². The summed E-state index contributed by atoms with van der Waals surface area (Å²) >= 11 is 0. The summed E-state index contributed by atoms with van der Waals surface area (Å²) in [4.78, 5) is 4.42. The largest absolute Gasteiger partial charge is 0.335 e. The lowest BCUT2D eigenvalue weighted by Gasteiger charge is -2.18. The Bertz CT molecular complexity index is 341. The van der Waals surface area contributed by atoms with Crippen molar-refractivity contribution in [2.75, 3.05) is 0 Å². The highest BCUT2D eigenvalue weighted by molar-refractivity contribution is 4.95. The first-order valence-corrected chi connectivity index (χ1v) is 7.29. The third-order valence-corrected chi connectivity index (χ3v) is 4.21. The predicted molar refractivity (Wildman–Crippen MR) is 73.9 cm³/mol. The van der Waals surface area contributed by atoms with Gasteiger partial charge in [0.2, 0.25) is 0 Å². The molecule has 0 spiro atoms. The van der Waals surface area contributed by atoms with Crippen molar-refractivity contribution in [2.24, 2.45) is 11.8 Å². The summed E-state index contributed by atoms with van der Waals surface area (Å²) in [7, 11) is 0. The minimum absolute atomic E-state index is 0.360. The summed E-state index contributed by atoms with van der Waals surface area (Å²) < 4.78 is 2.19. The van der Waals surface area contributed by atoms with Gasteiger partial charge in [-0.05, 0) is 25.7 Å². The Kier molecular flexibility index (Phi) is 5.20. The summed E-state index contributed by atoms with van der Waals surface area (Å²) in [5, 5.41) is 0. The number of nitrogens with two attached hydrogens (primary N) is 1. The zero-order valence-electron chi connectivity index (χ0n) is 11.4. The average Bonchev–Trinajstić information content (AvgIpc) is 3.05. The van der Waals surface area contributed by atoms with Crippen molar-refractivity contribution in [2.45, 2.75) is 64.5 Å². The zero-order valence-corrected chi connectivity index (χ0v) is 11.4. The van der Waals surface area contributed by atoms with E-state index in [1.165, 1.54) is 32.1 Å². The molecular weight excluding hydrogens is 224 g/mol. The lowest BCUT2D eigenvalue weighted by molar-refractivity contribution is 0.400. The lowest BCUT2D eigenvalue weighted by Crippen LogP contribution is -2.37. The monoisotopic (exact) mass is 250 g/mol. The van der Waals surface area contributed by atoms with Crippen LogP contribution in [0.2, 0.25) is 0 Å². The number of nitrogens with zero attached hydrogens (tertiary/aromatic N) is 2. The van der Waals surface area contributed by atoms with Gasteiger partial charge in [-0.15, -0.1) is 0 Å². The zero-order chi connectivity index (χ0) is 12.8. The molecule has 1 aromatic heterocycles. The summed E-state index contributed by atoms with van der Waals surface area (Å²) in [6.45, 7) is 3.13. The number of imidazole rings is 1. The van der Waals surface area contributed by atoms with Gasteiger partial charge >= 0.3 is 0 Å². The minimum Gasteiger partial charge on any atom is -0.335 e. The molecule has 1 aromatic rings. The van der Waals surface area contributed by atoms with Crippen LogP contribution in [-0.2, 0) is 13.0 Å². The maximum absolute atomic E-state index is 5.68. The average molecular weight is 250 g/mol. The molecular formula is C14H26N4. The molecule has 0 radical (unpaired) electrons. The highest BCUT2D eigenvalue weighted by Gasteiger charge is 2.18. The second-order valence-corrected chi connectivity index (χ2v) is 5.43. The van der Waals surface area contributed by atoms with E-state index in [1.54, 1.807) is 0 Å². The van der Waals surface area contributed by atoms with Gasteiger partial charge in [0, 0.05) is 31.4 Å². The molecule has 3 N–H and O–H groups in total. The van der Waals surface area contributed by atoms with Crippen molar-refractivity contribution >= 4 is 0 Å². The van der Waals surface area contributed by atoms with Crippen LogP contribution in [0.4, 0.5) is 0 Å². The minimum atomic E-state index is 0.360. The highest BCUT2D eigenvalue weighted by Crippen LogP contribution is 2.29. The van der Waals surface area contributed by atoms with Crippen LogP contribution in [0.3, 0.4) is 0 Å². The van der Waals surface area contributed by atoms with E-state index in [9.17, 15) is 0 Å². The number of hydrogen-bond acceptors (Lipinski definition) is 3. The van der Waals surface area contributed by atoms with Crippen LogP contribution < -0.4 is 11.3 Å². The van der Waals surface area contributed by atoms with E-state index in [-0.39, 0.29) is 0 Å². The number of aromatic nitrogens is 2. The van der Waals surface area contributed by atoms with Gasteiger partial charge in [0.1, 0.15) is 5.82 Å². The topological polar surface area (TPSA) is 55.9 Å². The van der Waals surface area contributed by atoms with E-state index < -0.39 is 0 Å². The normalized spacial score (nSPS) is 18.3. The number of aryl methyl sites for hydroxylation is 1. The van der Waals surface area contributed by atoms with Crippen molar-refractivity contribution < 1.29 is 0 Å². The molecule has 1 aliphatic rings. The van der Waals surface area contributed by atoms with Gasteiger partial charge in [-0.25, -0.2) is 4.98 Å². The molecule has 1 saturated carbocycles. The Balaban J connectivity index is 1.81. The van der Waals surface area contributed by atoms with Crippen LogP contribution in [0.25, 0.3) is 0 Å². The Labute approximate surface area is 110 Å². The Morgan fingerprint density at radius 1 is 1.50 bits per heavy atom. The first kappa shape index (κ1) is 13.6. The fourth-order valence-corrected chi connectivity index (χ4v) is 3.02. The molecule has 102 valence electrons. The molecule has 18 heavy (non-hydrogen) atoms. The Hall–Kier alpha value is -0.870. The molecule has 2 rings (SSSR count). The molecule has 0 aliphatic heterocycles. The van der Waals surface area contributed by atoms with Gasteiger partial charge in [-0.1, -0.05) is 25.7 Å². The summed E-state index contributed by atoms with van der Waals surface area (Å²) in [5.74, 6) is 7.76. The molecule has 1 fully saturated rings. The molecule has 1 aliphatic carbocycles. The Morgan fingerprint density at radius 2 is 2.28 bits per heavy atom. The summed E-state index contributed by atoms with van der Waals surface area (Å²) in [5.41, 5.74) is 2.96. The second kappa shape index (κ2) is 6.90. The number of nitrogens with one attached hydrogen (secondary N) is 1. The van der Waals surface area contributed by atoms with Gasteiger partial charge in [0.25, 0.3) is 0 Å². The van der Waals surface area contributed by atoms with Crippen molar-refractivity contribution in [1.82, 2.24) is 15.0 Å². The molecule has 1 heterocycles. The van der Waals surface area contributed by atoms with Crippen LogP contribution >= 0.6 is 0 Å². The molecule has 1 atom stereocenters. The molecule has 1 unspecified atom stereocenters. The maximum Gasteiger partial charge on any atom is 0.110 e. The Morgan fingerprint density at radius 3 is 2.94 bits per heavy atom. The van der Waals surface area contributed by atoms with Crippen LogP contribution in [0.15, 0.2) is 12.4 Å². The third kappa shape index (κ3) is 3.56. The molecule has 0 bridgehead atoms. The molecule has 0 amide bonds. The first-order chi connectivity index (χ1) is 8.83. The van der Waals surface area contributed by atoms with Crippen molar-refractivity contribution in [3.8, 4) is 0 Å². The predicted octanol–water partition coefficient (Wildman–Crippen LogP) is 2.25.